The van der Waals surface area contributed by atoms with Gasteiger partial charge in [0.15, 0.2) is 0 Å². The molecule has 2 unspecified atom stereocenters. The molecule has 2 aliphatic rings. The van der Waals surface area contributed by atoms with Gasteiger partial charge in [0.25, 0.3) is 0 Å². The summed E-state index contributed by atoms with van der Waals surface area (Å²) in [6.07, 6.45) is -10.2. The van der Waals surface area contributed by atoms with Crippen LogP contribution in [-0.4, -0.2) is 120 Å². The van der Waals surface area contributed by atoms with Gasteiger partial charge in [0.2, 0.25) is 0 Å². The van der Waals surface area contributed by atoms with Crippen LogP contribution in [0.1, 0.15) is 5.56 Å². The normalized spacial score (nSPS) is 20.9. The molecular formula is C22H29F6N3O7. The van der Waals surface area contributed by atoms with E-state index in [0.29, 0.717) is 19.1 Å². The Kier molecular flexibility index (Phi) is 12.3. The number of carboxylic acid groups (broad SMARTS) is 3. The summed E-state index contributed by atoms with van der Waals surface area (Å²) in [5.41, 5.74) is 1.29. The number of carbonyl (C=O) groups is 3. The molecule has 0 saturated carbocycles. The van der Waals surface area contributed by atoms with Gasteiger partial charge < -0.3 is 25.0 Å². The minimum Gasteiger partial charge on any atom is -0.497 e. The predicted molar refractivity (Wildman–Crippen MR) is 120 cm³/mol. The number of halogens is 6. The highest BCUT2D eigenvalue weighted by atomic mass is 19.4. The van der Waals surface area contributed by atoms with E-state index in [2.05, 4.69) is 26.8 Å². The van der Waals surface area contributed by atoms with Crippen LogP contribution < -0.4 is 4.74 Å². The predicted octanol–water partition coefficient (Wildman–Crippen LogP) is 2.09. The topological polar surface area (TPSA) is 131 Å². The Labute approximate surface area is 214 Å². The summed E-state index contributed by atoms with van der Waals surface area (Å²) < 4.78 is 68.7. The first kappa shape index (κ1) is 32.9. The van der Waals surface area contributed by atoms with Crippen molar-refractivity contribution in [2.75, 3.05) is 53.4 Å². The smallest absolute Gasteiger partial charge is 0.490 e. The Balaban J connectivity index is 0.000000426. The Morgan fingerprint density at radius 2 is 1.37 bits per heavy atom. The Morgan fingerprint density at radius 3 is 1.79 bits per heavy atom. The van der Waals surface area contributed by atoms with Gasteiger partial charge in [-0.15, -0.1) is 0 Å². The molecule has 0 aromatic heterocycles. The molecule has 0 radical (unpaired) electrons. The summed E-state index contributed by atoms with van der Waals surface area (Å²) in [6, 6.07) is 8.65. The van der Waals surface area contributed by atoms with Crippen LogP contribution in [0.2, 0.25) is 0 Å². The van der Waals surface area contributed by atoms with Crippen molar-refractivity contribution < 1.29 is 60.8 Å². The first-order valence-electron chi connectivity index (χ1n) is 11.0. The maximum Gasteiger partial charge on any atom is 0.490 e. The third kappa shape index (κ3) is 11.5. The number of ether oxygens (including phenoxy) is 1. The second-order valence-electron chi connectivity index (χ2n) is 8.59. The van der Waals surface area contributed by atoms with Gasteiger partial charge in [0.1, 0.15) is 5.75 Å². The Hall–Kier alpha value is -3.11. The highest BCUT2D eigenvalue weighted by Crippen LogP contribution is 2.20. The molecule has 2 heterocycles. The third-order valence-electron chi connectivity index (χ3n) is 5.60. The number of nitrogens with zero attached hydrogens (tertiary/aromatic N) is 3. The summed E-state index contributed by atoms with van der Waals surface area (Å²) in [7, 11) is 3.71. The summed E-state index contributed by atoms with van der Waals surface area (Å²) in [6.45, 7) is 6.09. The summed E-state index contributed by atoms with van der Waals surface area (Å²) in [5.74, 6) is -5.59. The van der Waals surface area contributed by atoms with Crippen LogP contribution in [0.5, 0.6) is 5.75 Å². The van der Waals surface area contributed by atoms with E-state index in [1.165, 1.54) is 5.56 Å². The first-order valence-corrected chi connectivity index (χ1v) is 11.0. The molecule has 3 N–H and O–H groups in total. The van der Waals surface area contributed by atoms with E-state index < -0.39 is 30.3 Å². The number of methoxy groups -OCH3 is 1. The van der Waals surface area contributed by atoms with Crippen LogP contribution in [0, 0.1) is 5.92 Å². The van der Waals surface area contributed by atoms with Gasteiger partial charge in [-0.2, -0.15) is 26.3 Å². The van der Waals surface area contributed by atoms with Gasteiger partial charge >= 0.3 is 30.3 Å². The number of hydrogen-bond donors (Lipinski definition) is 3. The number of carboxylic acids is 3. The number of alkyl halides is 6. The second kappa shape index (κ2) is 14.2. The van der Waals surface area contributed by atoms with Gasteiger partial charge in [-0.05, 0) is 24.7 Å². The van der Waals surface area contributed by atoms with Crippen molar-refractivity contribution >= 4 is 17.9 Å². The third-order valence-corrected chi connectivity index (χ3v) is 5.60. The van der Waals surface area contributed by atoms with Gasteiger partial charge in [-0.3, -0.25) is 14.6 Å². The summed E-state index contributed by atoms with van der Waals surface area (Å²) in [4.78, 5) is 36.2. The minimum absolute atomic E-state index is 0.284. The molecule has 1 aromatic rings. The maximum atomic E-state index is 11.4. The van der Waals surface area contributed by atoms with E-state index in [1.54, 1.807) is 7.11 Å². The fourth-order valence-electron chi connectivity index (χ4n) is 3.81. The van der Waals surface area contributed by atoms with E-state index in [1.807, 2.05) is 19.2 Å². The molecule has 1 aromatic carbocycles. The molecule has 2 aliphatic heterocycles. The zero-order valence-electron chi connectivity index (χ0n) is 20.5. The monoisotopic (exact) mass is 561 g/mol. The molecule has 0 amide bonds. The van der Waals surface area contributed by atoms with Gasteiger partial charge in [0, 0.05) is 51.9 Å². The number of fused-ring (bicyclic) bond motifs is 1. The molecule has 10 nitrogen and oxygen atoms in total. The molecule has 0 spiro atoms. The summed E-state index contributed by atoms with van der Waals surface area (Å²) >= 11 is 0. The van der Waals surface area contributed by atoms with Crippen molar-refractivity contribution in [3.63, 3.8) is 0 Å². The SMILES string of the molecule is COc1ccc(CN2CCN3CC(C(=O)O)CN(C)CC3C2)cc1.O=C(O)C(F)(F)F.O=C(O)C(F)(F)F. The van der Waals surface area contributed by atoms with E-state index in [0.717, 1.165) is 38.5 Å². The quantitative estimate of drug-likeness (QED) is 0.470. The van der Waals surface area contributed by atoms with Crippen LogP contribution in [0.3, 0.4) is 0 Å². The van der Waals surface area contributed by atoms with Crippen molar-refractivity contribution in [2.24, 2.45) is 5.92 Å². The highest BCUT2D eigenvalue weighted by Gasteiger charge is 2.39. The minimum atomic E-state index is -5.08. The van der Waals surface area contributed by atoms with Gasteiger partial charge in [-0.1, -0.05) is 12.1 Å². The van der Waals surface area contributed by atoms with Crippen LogP contribution in [0.25, 0.3) is 0 Å². The van der Waals surface area contributed by atoms with E-state index in [-0.39, 0.29) is 5.92 Å². The number of likely N-dealkylation sites (N-methyl/N-ethyl adjacent to an activating group) is 1. The zero-order chi connectivity index (χ0) is 29.3. The summed E-state index contributed by atoms with van der Waals surface area (Å²) in [5, 5.41) is 23.6. The lowest BCUT2D eigenvalue weighted by atomic mass is 10.1. The number of piperazine rings is 1. The second-order valence-corrected chi connectivity index (χ2v) is 8.59. The average molecular weight is 561 g/mol. The van der Waals surface area contributed by atoms with Crippen LogP contribution in [0.4, 0.5) is 26.3 Å². The number of hydrogen-bond acceptors (Lipinski definition) is 7. The van der Waals surface area contributed by atoms with Crippen LogP contribution >= 0.6 is 0 Å². The Morgan fingerprint density at radius 1 is 0.868 bits per heavy atom. The molecule has 0 bridgehead atoms. The lowest BCUT2D eigenvalue weighted by molar-refractivity contribution is -0.193. The van der Waals surface area contributed by atoms with Crippen molar-refractivity contribution in [1.29, 1.82) is 0 Å². The number of benzene rings is 1. The molecule has 0 aliphatic carbocycles. The molecule has 216 valence electrons. The van der Waals surface area contributed by atoms with E-state index in [9.17, 15) is 36.2 Å². The number of aliphatic carboxylic acids is 3. The molecule has 38 heavy (non-hydrogen) atoms. The van der Waals surface area contributed by atoms with Crippen molar-refractivity contribution in [2.45, 2.75) is 24.9 Å². The largest absolute Gasteiger partial charge is 0.497 e. The zero-order valence-corrected chi connectivity index (χ0v) is 20.5. The highest BCUT2D eigenvalue weighted by molar-refractivity contribution is 5.73. The molecule has 2 atom stereocenters. The molecule has 3 rings (SSSR count). The fraction of sp³-hybridized carbons (Fsp3) is 0.591. The fourth-order valence-corrected chi connectivity index (χ4v) is 3.81. The van der Waals surface area contributed by atoms with Crippen LogP contribution in [-0.2, 0) is 20.9 Å². The first-order chi connectivity index (χ1) is 17.4. The standard InChI is InChI=1S/C18H27N3O3.2C2HF3O2/c1-19-10-15(18(22)23)11-21-8-7-20(13-16(21)12-19)9-14-3-5-17(24-2)6-4-14;2*3-2(4,5)1(6)7/h3-6,15-16H,7-13H2,1-2H3,(H,22,23);2*(H,6,7). The Bertz CT molecular complexity index is 903. The average Bonchev–Trinajstić information content (AvgIpc) is 2.97. The van der Waals surface area contributed by atoms with Gasteiger partial charge in [0.05, 0.1) is 13.0 Å². The van der Waals surface area contributed by atoms with E-state index >= 15 is 0 Å². The van der Waals surface area contributed by atoms with Crippen LogP contribution in [0.15, 0.2) is 24.3 Å². The molecule has 2 saturated heterocycles. The lowest BCUT2D eigenvalue weighted by Gasteiger charge is -2.41. The lowest BCUT2D eigenvalue weighted by Crippen LogP contribution is -2.55. The molecule has 16 heteroatoms. The molecular weight excluding hydrogens is 532 g/mol. The van der Waals surface area contributed by atoms with Crippen molar-refractivity contribution in [3.8, 4) is 5.75 Å². The van der Waals surface area contributed by atoms with E-state index in [4.69, 9.17) is 24.5 Å². The van der Waals surface area contributed by atoms with Gasteiger partial charge in [-0.25, -0.2) is 9.59 Å². The maximum absolute atomic E-state index is 11.4. The molecule has 2 fully saturated rings. The van der Waals surface area contributed by atoms with Crippen molar-refractivity contribution in [3.05, 3.63) is 29.8 Å². The number of rotatable bonds is 4. The van der Waals surface area contributed by atoms with Crippen molar-refractivity contribution in [1.82, 2.24) is 14.7 Å².